The summed E-state index contributed by atoms with van der Waals surface area (Å²) in [6.45, 7) is 2.25. The molecule has 1 aromatic carbocycles. The molecule has 0 bridgehead atoms. The Morgan fingerprint density at radius 2 is 2.28 bits per heavy atom. The van der Waals surface area contributed by atoms with Crippen molar-refractivity contribution < 1.29 is 14.1 Å². The van der Waals surface area contributed by atoms with E-state index in [9.17, 15) is 14.5 Å². The highest BCUT2D eigenvalue weighted by molar-refractivity contribution is 9.10. The predicted molar refractivity (Wildman–Crippen MR) is 73.9 cm³/mol. The van der Waals surface area contributed by atoms with E-state index < -0.39 is 10.7 Å². The summed E-state index contributed by atoms with van der Waals surface area (Å²) in [5, 5.41) is 10.8. The molecule has 0 N–H and O–H groups in total. The summed E-state index contributed by atoms with van der Waals surface area (Å²) in [6, 6.07) is 2.12. The van der Waals surface area contributed by atoms with Gasteiger partial charge in [0.2, 0.25) is 0 Å². The number of rotatable bonds is 6. The summed E-state index contributed by atoms with van der Waals surface area (Å²) in [5.41, 5.74) is -0.253. The second-order valence-corrected chi connectivity index (χ2v) is 4.98. The van der Waals surface area contributed by atoms with Gasteiger partial charge in [-0.3, -0.25) is 10.1 Å². The zero-order valence-corrected chi connectivity index (χ0v) is 12.2. The van der Waals surface area contributed by atoms with Crippen molar-refractivity contribution in [2.24, 2.45) is 5.92 Å². The van der Waals surface area contributed by atoms with Gasteiger partial charge in [-0.25, -0.2) is 4.39 Å². The van der Waals surface area contributed by atoms with Gasteiger partial charge < -0.3 is 4.74 Å². The minimum absolute atomic E-state index is 0.0442. The van der Waals surface area contributed by atoms with Gasteiger partial charge in [0.25, 0.3) is 0 Å². The molecular formula is C11H13BrFNO3S. The number of ether oxygens (including phenoxy) is 1. The van der Waals surface area contributed by atoms with Gasteiger partial charge >= 0.3 is 5.69 Å². The van der Waals surface area contributed by atoms with E-state index in [1.807, 2.05) is 6.92 Å². The Morgan fingerprint density at radius 3 is 2.78 bits per heavy atom. The summed E-state index contributed by atoms with van der Waals surface area (Å²) in [4.78, 5) is 10.2. The second-order valence-electron chi connectivity index (χ2n) is 3.76. The van der Waals surface area contributed by atoms with Crippen molar-refractivity contribution >= 4 is 34.2 Å². The third kappa shape index (κ3) is 3.84. The molecule has 1 atom stereocenters. The maximum Gasteiger partial charge on any atom is 0.312 e. The van der Waals surface area contributed by atoms with E-state index >= 15 is 0 Å². The first-order chi connectivity index (χ1) is 8.49. The van der Waals surface area contributed by atoms with Gasteiger partial charge in [0, 0.05) is 18.1 Å². The Kier molecular flexibility index (Phi) is 5.87. The van der Waals surface area contributed by atoms with Crippen molar-refractivity contribution in [3.05, 3.63) is 32.5 Å². The van der Waals surface area contributed by atoms with Crippen LogP contribution in [0.15, 0.2) is 16.6 Å². The van der Waals surface area contributed by atoms with Gasteiger partial charge in [-0.05, 0) is 28.1 Å². The molecule has 0 aliphatic carbocycles. The molecule has 1 aromatic rings. The minimum Gasteiger partial charge on any atom is -0.486 e. The van der Waals surface area contributed by atoms with Crippen LogP contribution in [0.5, 0.6) is 5.75 Å². The van der Waals surface area contributed by atoms with Crippen LogP contribution >= 0.6 is 28.6 Å². The van der Waals surface area contributed by atoms with Crippen LogP contribution in [0.3, 0.4) is 0 Å². The van der Waals surface area contributed by atoms with Gasteiger partial charge in [0.05, 0.1) is 16.0 Å². The lowest BCUT2D eigenvalue weighted by atomic mass is 10.1. The SMILES string of the molecule is CCC(CS)COc1cc(F)c(Br)cc1[N+](=O)[O-]. The molecule has 0 amide bonds. The van der Waals surface area contributed by atoms with Gasteiger partial charge in [0.1, 0.15) is 5.82 Å². The first kappa shape index (κ1) is 15.2. The Morgan fingerprint density at radius 1 is 1.61 bits per heavy atom. The van der Waals surface area contributed by atoms with E-state index in [2.05, 4.69) is 28.6 Å². The van der Waals surface area contributed by atoms with Gasteiger partial charge in [0.15, 0.2) is 5.75 Å². The molecule has 0 radical (unpaired) electrons. The Bertz CT molecular complexity index is 441. The van der Waals surface area contributed by atoms with Crippen molar-refractivity contribution in [3.8, 4) is 5.75 Å². The fourth-order valence-electron chi connectivity index (χ4n) is 1.28. The lowest BCUT2D eigenvalue weighted by molar-refractivity contribution is -0.386. The summed E-state index contributed by atoms with van der Waals surface area (Å²) in [5.74, 6) is 0.152. The van der Waals surface area contributed by atoms with E-state index in [1.54, 1.807) is 0 Å². The molecule has 0 saturated heterocycles. The van der Waals surface area contributed by atoms with E-state index in [4.69, 9.17) is 4.74 Å². The summed E-state index contributed by atoms with van der Waals surface area (Å²) in [7, 11) is 0. The highest BCUT2D eigenvalue weighted by atomic mass is 79.9. The number of hydrogen-bond donors (Lipinski definition) is 1. The molecular weight excluding hydrogens is 325 g/mol. The van der Waals surface area contributed by atoms with E-state index in [0.717, 1.165) is 18.6 Å². The van der Waals surface area contributed by atoms with E-state index in [0.29, 0.717) is 5.75 Å². The Labute approximate surface area is 118 Å². The fraction of sp³-hybridized carbons (Fsp3) is 0.455. The monoisotopic (exact) mass is 337 g/mol. The average Bonchev–Trinajstić information content (AvgIpc) is 2.34. The highest BCUT2D eigenvalue weighted by Crippen LogP contribution is 2.32. The highest BCUT2D eigenvalue weighted by Gasteiger charge is 2.19. The molecule has 0 aromatic heterocycles. The van der Waals surface area contributed by atoms with Crippen LogP contribution in [0.2, 0.25) is 0 Å². The fourth-order valence-corrected chi connectivity index (χ4v) is 1.98. The molecule has 0 spiro atoms. The largest absolute Gasteiger partial charge is 0.486 e. The van der Waals surface area contributed by atoms with Crippen molar-refractivity contribution in [1.29, 1.82) is 0 Å². The molecule has 0 saturated carbocycles. The molecule has 0 aliphatic heterocycles. The quantitative estimate of drug-likeness (QED) is 0.487. The zero-order valence-electron chi connectivity index (χ0n) is 9.73. The van der Waals surface area contributed by atoms with Crippen molar-refractivity contribution in [1.82, 2.24) is 0 Å². The number of thiol groups is 1. The number of halogens is 2. The van der Waals surface area contributed by atoms with Crippen LogP contribution in [0.4, 0.5) is 10.1 Å². The predicted octanol–water partition coefficient (Wildman–Crippen LogP) is 3.83. The molecule has 0 heterocycles. The van der Waals surface area contributed by atoms with Crippen LogP contribution in [0.25, 0.3) is 0 Å². The molecule has 1 rings (SSSR count). The Hall–Kier alpha value is -0.820. The first-order valence-electron chi connectivity index (χ1n) is 5.36. The molecule has 1 unspecified atom stereocenters. The number of benzene rings is 1. The third-order valence-corrected chi connectivity index (χ3v) is 3.63. The molecule has 0 aliphatic rings. The van der Waals surface area contributed by atoms with Crippen LogP contribution in [-0.2, 0) is 0 Å². The third-order valence-electron chi connectivity index (χ3n) is 2.51. The van der Waals surface area contributed by atoms with Crippen molar-refractivity contribution in [2.45, 2.75) is 13.3 Å². The van der Waals surface area contributed by atoms with Crippen LogP contribution in [-0.4, -0.2) is 17.3 Å². The molecule has 18 heavy (non-hydrogen) atoms. The Balaban J connectivity index is 2.93. The molecule has 0 fully saturated rings. The van der Waals surface area contributed by atoms with Gasteiger partial charge in [-0.15, -0.1) is 0 Å². The number of hydrogen-bond acceptors (Lipinski definition) is 4. The van der Waals surface area contributed by atoms with Crippen molar-refractivity contribution in [2.75, 3.05) is 12.4 Å². The maximum atomic E-state index is 13.3. The maximum absolute atomic E-state index is 13.3. The van der Waals surface area contributed by atoms with E-state index in [1.165, 1.54) is 0 Å². The smallest absolute Gasteiger partial charge is 0.312 e. The zero-order chi connectivity index (χ0) is 13.7. The molecule has 100 valence electrons. The summed E-state index contributed by atoms with van der Waals surface area (Å²) in [6.07, 6.45) is 0.844. The number of nitrogens with zero attached hydrogens (tertiary/aromatic N) is 1. The minimum atomic E-state index is -0.596. The van der Waals surface area contributed by atoms with E-state index in [-0.39, 0.29) is 28.4 Å². The first-order valence-corrected chi connectivity index (χ1v) is 6.79. The average molecular weight is 338 g/mol. The molecule has 4 nitrogen and oxygen atoms in total. The van der Waals surface area contributed by atoms with Crippen LogP contribution in [0.1, 0.15) is 13.3 Å². The topological polar surface area (TPSA) is 52.4 Å². The normalized spacial score (nSPS) is 12.2. The van der Waals surface area contributed by atoms with Gasteiger partial charge in [-0.2, -0.15) is 12.6 Å². The van der Waals surface area contributed by atoms with Crippen LogP contribution in [0, 0.1) is 21.8 Å². The summed E-state index contributed by atoms with van der Waals surface area (Å²) < 4.78 is 18.7. The summed E-state index contributed by atoms with van der Waals surface area (Å²) >= 11 is 7.06. The number of nitro benzene ring substituents is 1. The lowest BCUT2D eigenvalue weighted by Gasteiger charge is -2.13. The van der Waals surface area contributed by atoms with Gasteiger partial charge in [-0.1, -0.05) is 6.92 Å². The standard InChI is InChI=1S/C11H13BrFNO3S/c1-2-7(6-18)5-17-11-4-9(13)8(12)3-10(11)14(15)16/h3-4,7,18H,2,5-6H2,1H3. The molecule has 7 heteroatoms. The second kappa shape index (κ2) is 6.94. The number of nitro groups is 1. The van der Waals surface area contributed by atoms with Crippen molar-refractivity contribution in [3.63, 3.8) is 0 Å². The van der Waals surface area contributed by atoms with Crippen LogP contribution < -0.4 is 4.74 Å². The lowest BCUT2D eigenvalue weighted by Crippen LogP contribution is -2.13.